The molecule has 1 amide bonds. The van der Waals surface area contributed by atoms with Crippen LogP contribution in [0.3, 0.4) is 0 Å². The summed E-state index contributed by atoms with van der Waals surface area (Å²) >= 11 is 0. The molecule has 3 aliphatic rings. The number of nitrogens with one attached hydrogen (secondary N) is 1. The highest BCUT2D eigenvalue weighted by Crippen LogP contribution is 2.53. The molecule has 0 aliphatic carbocycles. The Kier molecular flexibility index (Phi) is 4.24. The first-order valence-corrected chi connectivity index (χ1v) is 9.49. The fourth-order valence-corrected chi connectivity index (χ4v) is 5.51. The molecule has 136 valence electrons. The topological polar surface area (TPSA) is 61.8 Å². The molecule has 1 spiro atoms. The number of ether oxygens (including phenoxy) is 1. The molecular weight excluding hydrogens is 316 g/mol. The van der Waals surface area contributed by atoms with E-state index in [-0.39, 0.29) is 18.6 Å². The van der Waals surface area contributed by atoms with Crippen molar-refractivity contribution in [1.82, 2.24) is 4.90 Å². The Bertz CT molecular complexity index is 677. The molecule has 1 aromatic carbocycles. The van der Waals surface area contributed by atoms with Crippen LogP contribution in [0.5, 0.6) is 5.75 Å². The lowest BCUT2D eigenvalue weighted by atomic mass is 9.68. The molecule has 2 N–H and O–H groups in total. The lowest BCUT2D eigenvalue weighted by Gasteiger charge is -2.44. The molecule has 0 bridgehead atoms. The van der Waals surface area contributed by atoms with Gasteiger partial charge in [0.1, 0.15) is 5.75 Å². The summed E-state index contributed by atoms with van der Waals surface area (Å²) in [4.78, 5) is 15.6. The second-order valence-electron chi connectivity index (χ2n) is 7.77. The quantitative estimate of drug-likeness (QED) is 0.880. The molecule has 5 heteroatoms. The number of aliphatic hydroxyl groups is 1. The molecule has 0 aromatic heterocycles. The molecule has 4 atom stereocenters. The molecule has 4 unspecified atom stereocenters. The Hall–Kier alpha value is -1.59. The smallest absolute Gasteiger partial charge is 0.236 e. The van der Waals surface area contributed by atoms with Crippen LogP contribution in [0.1, 0.15) is 38.2 Å². The molecule has 4 rings (SSSR count). The number of amides is 1. The van der Waals surface area contributed by atoms with Crippen molar-refractivity contribution in [2.45, 2.75) is 44.1 Å². The van der Waals surface area contributed by atoms with E-state index in [1.807, 2.05) is 12.1 Å². The first kappa shape index (κ1) is 16.9. The highest BCUT2D eigenvalue weighted by atomic mass is 16.5. The van der Waals surface area contributed by atoms with Crippen molar-refractivity contribution >= 4 is 11.6 Å². The Labute approximate surface area is 149 Å². The van der Waals surface area contributed by atoms with Gasteiger partial charge in [0, 0.05) is 30.9 Å². The Balaban J connectivity index is 1.71. The van der Waals surface area contributed by atoms with E-state index in [1.165, 1.54) is 0 Å². The third kappa shape index (κ3) is 2.40. The van der Waals surface area contributed by atoms with Crippen LogP contribution in [0.15, 0.2) is 18.2 Å². The second kappa shape index (κ2) is 6.29. The zero-order valence-corrected chi connectivity index (χ0v) is 15.1. The van der Waals surface area contributed by atoms with Crippen LogP contribution in [-0.4, -0.2) is 48.8 Å². The third-order valence-electron chi connectivity index (χ3n) is 6.85. The number of nitrogens with zero attached hydrogens (tertiary/aromatic N) is 1. The number of carbonyl (C=O) groups excluding carboxylic acids is 1. The lowest BCUT2D eigenvalue weighted by Crippen LogP contribution is -2.53. The van der Waals surface area contributed by atoms with Crippen LogP contribution < -0.4 is 10.1 Å². The normalized spacial score (nSPS) is 34.0. The summed E-state index contributed by atoms with van der Waals surface area (Å²) in [6.45, 7) is 4.50. The van der Waals surface area contributed by atoms with E-state index in [1.54, 1.807) is 7.11 Å². The van der Waals surface area contributed by atoms with E-state index < -0.39 is 5.41 Å². The maximum Gasteiger partial charge on any atom is 0.236 e. The summed E-state index contributed by atoms with van der Waals surface area (Å²) in [6, 6.07) is 6.21. The number of benzene rings is 1. The van der Waals surface area contributed by atoms with Gasteiger partial charge in [0.05, 0.1) is 12.5 Å². The van der Waals surface area contributed by atoms with E-state index in [4.69, 9.17) is 4.74 Å². The summed E-state index contributed by atoms with van der Waals surface area (Å²) in [5.74, 6) is 2.04. The first-order chi connectivity index (χ1) is 12.1. The highest BCUT2D eigenvalue weighted by Gasteiger charge is 2.59. The molecule has 2 fully saturated rings. The fourth-order valence-electron chi connectivity index (χ4n) is 5.51. The number of hydrogen-bond acceptors (Lipinski definition) is 4. The van der Waals surface area contributed by atoms with Crippen molar-refractivity contribution in [3.63, 3.8) is 0 Å². The van der Waals surface area contributed by atoms with E-state index in [0.29, 0.717) is 11.8 Å². The van der Waals surface area contributed by atoms with Crippen molar-refractivity contribution in [3.05, 3.63) is 23.8 Å². The molecule has 2 saturated heterocycles. The molecule has 0 saturated carbocycles. The Morgan fingerprint density at radius 2 is 2.24 bits per heavy atom. The number of methoxy groups -OCH3 is 1. The molecule has 0 radical (unpaired) electrons. The summed E-state index contributed by atoms with van der Waals surface area (Å²) in [6.07, 6.45) is 3.86. The fraction of sp³-hybridized carbons (Fsp3) is 0.650. The van der Waals surface area contributed by atoms with Gasteiger partial charge in [0.2, 0.25) is 5.91 Å². The van der Waals surface area contributed by atoms with Gasteiger partial charge in [0.25, 0.3) is 0 Å². The predicted octanol–water partition coefficient (Wildman–Crippen LogP) is 2.39. The molecule has 3 aliphatic heterocycles. The average molecular weight is 344 g/mol. The van der Waals surface area contributed by atoms with Crippen molar-refractivity contribution in [2.75, 3.05) is 32.1 Å². The maximum atomic E-state index is 13.1. The summed E-state index contributed by atoms with van der Waals surface area (Å²) < 4.78 is 5.32. The maximum absolute atomic E-state index is 13.1. The largest absolute Gasteiger partial charge is 0.497 e. The molecule has 25 heavy (non-hydrogen) atoms. The van der Waals surface area contributed by atoms with Crippen LogP contribution in [-0.2, 0) is 10.2 Å². The van der Waals surface area contributed by atoms with Crippen LogP contribution in [0.25, 0.3) is 0 Å². The minimum absolute atomic E-state index is 0.140. The van der Waals surface area contributed by atoms with Crippen LogP contribution in [0.2, 0.25) is 0 Å². The monoisotopic (exact) mass is 344 g/mol. The van der Waals surface area contributed by atoms with Gasteiger partial charge in [-0.2, -0.15) is 0 Å². The SMILES string of the molecule is CCC1CN2CCC3(C(=O)Nc4cc(OC)ccc43)C2CC1CCO. The number of piperidine rings is 1. The number of aliphatic hydroxyl groups excluding tert-OH is 1. The van der Waals surface area contributed by atoms with E-state index in [9.17, 15) is 9.90 Å². The minimum Gasteiger partial charge on any atom is -0.497 e. The number of hydrogen-bond donors (Lipinski definition) is 2. The third-order valence-corrected chi connectivity index (χ3v) is 6.85. The van der Waals surface area contributed by atoms with Gasteiger partial charge in [0.15, 0.2) is 0 Å². The van der Waals surface area contributed by atoms with Gasteiger partial charge >= 0.3 is 0 Å². The first-order valence-electron chi connectivity index (χ1n) is 9.49. The Morgan fingerprint density at radius 1 is 1.40 bits per heavy atom. The van der Waals surface area contributed by atoms with Crippen molar-refractivity contribution in [2.24, 2.45) is 11.8 Å². The molecule has 1 aromatic rings. The van der Waals surface area contributed by atoms with Gasteiger partial charge < -0.3 is 15.2 Å². The minimum atomic E-state index is -0.436. The summed E-state index contributed by atoms with van der Waals surface area (Å²) in [5.41, 5.74) is 1.60. The van der Waals surface area contributed by atoms with Gasteiger partial charge in [-0.05, 0) is 49.3 Å². The zero-order valence-electron chi connectivity index (χ0n) is 15.1. The molecular formula is C20H28N2O3. The van der Waals surface area contributed by atoms with Gasteiger partial charge in [-0.15, -0.1) is 0 Å². The van der Waals surface area contributed by atoms with Gasteiger partial charge in [-0.1, -0.05) is 19.4 Å². The van der Waals surface area contributed by atoms with Crippen LogP contribution in [0.4, 0.5) is 5.69 Å². The second-order valence-corrected chi connectivity index (χ2v) is 7.77. The highest BCUT2D eigenvalue weighted by molar-refractivity contribution is 6.07. The number of rotatable bonds is 4. The standard InChI is InChI=1S/C20H28N2O3/c1-3-13-12-22-8-7-20(18(22)10-14(13)6-9-23)16-5-4-15(25-2)11-17(16)21-19(20)24/h4-5,11,13-14,18,23H,3,6-10,12H2,1-2H3,(H,21,24). The van der Waals surface area contributed by atoms with Gasteiger partial charge in [-0.25, -0.2) is 0 Å². The Morgan fingerprint density at radius 3 is 2.96 bits per heavy atom. The number of anilines is 1. The van der Waals surface area contributed by atoms with Crippen LogP contribution >= 0.6 is 0 Å². The molecule has 3 heterocycles. The van der Waals surface area contributed by atoms with E-state index in [2.05, 4.69) is 23.2 Å². The summed E-state index contributed by atoms with van der Waals surface area (Å²) in [7, 11) is 1.65. The molecule has 5 nitrogen and oxygen atoms in total. The zero-order chi connectivity index (χ0) is 17.6. The number of carbonyl (C=O) groups is 1. The van der Waals surface area contributed by atoms with Crippen LogP contribution in [0, 0.1) is 11.8 Å². The lowest BCUT2D eigenvalue weighted by molar-refractivity contribution is -0.122. The van der Waals surface area contributed by atoms with E-state index in [0.717, 1.165) is 55.8 Å². The predicted molar refractivity (Wildman–Crippen MR) is 96.9 cm³/mol. The van der Waals surface area contributed by atoms with Crippen molar-refractivity contribution in [3.8, 4) is 5.75 Å². The number of fused-ring (bicyclic) bond motifs is 4. The van der Waals surface area contributed by atoms with Crippen molar-refractivity contribution < 1.29 is 14.6 Å². The average Bonchev–Trinajstić information content (AvgIpc) is 3.13. The van der Waals surface area contributed by atoms with E-state index >= 15 is 0 Å². The van der Waals surface area contributed by atoms with Crippen molar-refractivity contribution in [1.29, 1.82) is 0 Å². The summed E-state index contributed by atoms with van der Waals surface area (Å²) in [5, 5.41) is 12.6. The van der Waals surface area contributed by atoms with Gasteiger partial charge in [-0.3, -0.25) is 9.69 Å².